The topological polar surface area (TPSA) is 91.8 Å². The van der Waals surface area contributed by atoms with Crippen molar-refractivity contribution in [2.75, 3.05) is 7.05 Å². The first-order valence-corrected chi connectivity index (χ1v) is 10.1. The summed E-state index contributed by atoms with van der Waals surface area (Å²) in [6.07, 6.45) is 4.04. The predicted octanol–water partition coefficient (Wildman–Crippen LogP) is 2.45. The molecule has 5 rings (SSSR count). The molecule has 1 aromatic carbocycles. The van der Waals surface area contributed by atoms with Crippen molar-refractivity contribution < 1.29 is 24.3 Å². The van der Waals surface area contributed by atoms with Crippen LogP contribution in [0.1, 0.15) is 31.2 Å². The van der Waals surface area contributed by atoms with Crippen LogP contribution in [0.25, 0.3) is 0 Å². The highest BCUT2D eigenvalue weighted by Gasteiger charge is 2.55. The summed E-state index contributed by atoms with van der Waals surface area (Å²) in [5, 5.41) is 10.1. The van der Waals surface area contributed by atoms with Crippen LogP contribution in [0.15, 0.2) is 58.7 Å². The molecule has 6 heteroatoms. The number of imide groups is 1. The number of fused-ring (bicyclic) bond motifs is 3. The van der Waals surface area contributed by atoms with Crippen LogP contribution in [0.5, 0.6) is 5.75 Å². The lowest BCUT2D eigenvalue weighted by Crippen LogP contribution is -2.39. The number of nitrogens with zero attached hydrogens (tertiary/aromatic N) is 1. The molecular formula is C24H21NO5. The molecule has 1 aromatic rings. The van der Waals surface area contributed by atoms with Crippen molar-refractivity contribution in [2.24, 2.45) is 17.8 Å². The maximum Gasteiger partial charge on any atom is 0.233 e. The smallest absolute Gasteiger partial charge is 0.233 e. The Bertz CT molecular complexity index is 1140. The molecule has 0 radical (unpaired) electrons. The van der Waals surface area contributed by atoms with Crippen molar-refractivity contribution >= 4 is 23.4 Å². The number of carbonyl (C=O) groups is 4. The van der Waals surface area contributed by atoms with Crippen molar-refractivity contribution in [3.63, 3.8) is 0 Å². The molecule has 30 heavy (non-hydrogen) atoms. The highest BCUT2D eigenvalue weighted by molar-refractivity contribution is 6.23. The van der Waals surface area contributed by atoms with Gasteiger partial charge in [0.2, 0.25) is 11.8 Å². The Morgan fingerprint density at radius 1 is 1.07 bits per heavy atom. The molecule has 3 aliphatic carbocycles. The van der Waals surface area contributed by atoms with Crippen LogP contribution in [0, 0.1) is 17.8 Å². The summed E-state index contributed by atoms with van der Waals surface area (Å²) in [5.74, 6) is -2.50. The van der Waals surface area contributed by atoms with Gasteiger partial charge >= 0.3 is 0 Å². The molecule has 1 N–H and O–H groups in total. The minimum Gasteiger partial charge on any atom is -0.508 e. The van der Waals surface area contributed by atoms with E-state index in [1.807, 2.05) is 12.1 Å². The highest BCUT2D eigenvalue weighted by Crippen LogP contribution is 2.55. The lowest BCUT2D eigenvalue weighted by Gasteiger charge is -2.42. The molecule has 1 fully saturated rings. The Hall–Kier alpha value is -3.28. The molecule has 0 aromatic heterocycles. The second-order valence-corrected chi connectivity index (χ2v) is 8.56. The Kier molecular flexibility index (Phi) is 3.97. The fourth-order valence-corrected chi connectivity index (χ4v) is 5.60. The second kappa shape index (κ2) is 6.36. The van der Waals surface area contributed by atoms with Gasteiger partial charge in [0.25, 0.3) is 0 Å². The van der Waals surface area contributed by atoms with Crippen molar-refractivity contribution in [1.82, 2.24) is 4.90 Å². The molecule has 152 valence electrons. The number of carbonyl (C=O) groups excluding carboxylic acids is 4. The van der Waals surface area contributed by atoms with E-state index in [0.29, 0.717) is 28.7 Å². The van der Waals surface area contributed by atoms with E-state index in [2.05, 4.69) is 0 Å². The van der Waals surface area contributed by atoms with Crippen molar-refractivity contribution in [3.05, 3.63) is 64.3 Å². The lowest BCUT2D eigenvalue weighted by atomic mass is 9.59. The molecule has 0 bridgehead atoms. The van der Waals surface area contributed by atoms with Gasteiger partial charge in [0.05, 0.1) is 11.8 Å². The number of Topliss-reactive ketones (excluding diaryl/α,β-unsaturated/α-hetero) is 1. The van der Waals surface area contributed by atoms with Gasteiger partial charge in [0.1, 0.15) is 5.75 Å². The molecule has 0 spiro atoms. The highest BCUT2D eigenvalue weighted by atomic mass is 16.3. The maximum atomic E-state index is 13.1. The van der Waals surface area contributed by atoms with Gasteiger partial charge in [-0.2, -0.15) is 0 Å². The van der Waals surface area contributed by atoms with Crippen LogP contribution < -0.4 is 0 Å². The molecule has 4 aliphatic rings. The van der Waals surface area contributed by atoms with Gasteiger partial charge in [0.15, 0.2) is 11.6 Å². The SMILES string of the molecule is CC1=CC(=O)C2=C(C1=O)[C@@H](c1cccc(O)c1)C1=CC[C@@H]3C(=O)N(C)C(=O)[C@@H]3[C@@H]1C2. The third-order valence-electron chi connectivity index (χ3n) is 6.99. The minimum absolute atomic E-state index is 0.0692. The summed E-state index contributed by atoms with van der Waals surface area (Å²) in [7, 11) is 1.50. The number of hydrogen-bond donors (Lipinski definition) is 1. The van der Waals surface area contributed by atoms with Gasteiger partial charge in [-0.1, -0.05) is 23.8 Å². The summed E-state index contributed by atoms with van der Waals surface area (Å²) >= 11 is 0. The van der Waals surface area contributed by atoms with Crippen molar-refractivity contribution in [1.29, 1.82) is 0 Å². The van der Waals surface area contributed by atoms with Crippen molar-refractivity contribution in [3.8, 4) is 5.75 Å². The number of ketones is 2. The zero-order chi connectivity index (χ0) is 21.3. The number of phenolic OH excluding ortho intramolecular Hbond substituents is 1. The number of phenols is 1. The Morgan fingerprint density at radius 2 is 1.83 bits per heavy atom. The van der Waals surface area contributed by atoms with Gasteiger partial charge in [-0.3, -0.25) is 24.1 Å². The number of hydrogen-bond acceptors (Lipinski definition) is 5. The van der Waals surface area contributed by atoms with Gasteiger partial charge in [-0.05, 0) is 49.5 Å². The number of aromatic hydroxyl groups is 1. The third-order valence-corrected chi connectivity index (χ3v) is 6.99. The third kappa shape index (κ3) is 2.43. The van der Waals surface area contributed by atoms with E-state index >= 15 is 0 Å². The summed E-state index contributed by atoms with van der Waals surface area (Å²) in [4.78, 5) is 52.7. The van der Waals surface area contributed by atoms with E-state index in [4.69, 9.17) is 0 Å². The first kappa shape index (κ1) is 18.7. The van der Waals surface area contributed by atoms with Gasteiger partial charge in [-0.25, -0.2) is 0 Å². The number of amides is 2. The van der Waals surface area contributed by atoms with Gasteiger partial charge in [0, 0.05) is 29.7 Å². The maximum absolute atomic E-state index is 13.1. The Labute approximate surface area is 173 Å². The monoisotopic (exact) mass is 403 g/mol. The standard InChI is InChI=1S/C24H21NO5/c1-11-8-18(27)17-10-16-14(6-7-15-20(16)24(30)25(2)23(15)29)19(21(17)22(11)28)12-4-3-5-13(26)9-12/h3-6,8-9,15-16,19-20,26H,7,10H2,1-2H3/t15-,16+,19-,20-/m0/s1. The molecule has 0 unspecified atom stereocenters. The first-order valence-electron chi connectivity index (χ1n) is 10.1. The van der Waals surface area contributed by atoms with E-state index in [9.17, 15) is 24.3 Å². The van der Waals surface area contributed by atoms with Crippen molar-refractivity contribution in [2.45, 2.75) is 25.7 Å². The average Bonchev–Trinajstić information content (AvgIpc) is 2.95. The van der Waals surface area contributed by atoms with Crippen LogP contribution >= 0.6 is 0 Å². The molecule has 1 saturated heterocycles. The van der Waals surface area contributed by atoms with E-state index in [0.717, 1.165) is 5.57 Å². The van der Waals surface area contributed by atoms with E-state index in [1.54, 1.807) is 25.1 Å². The van der Waals surface area contributed by atoms with Crippen LogP contribution in [0.2, 0.25) is 0 Å². The Morgan fingerprint density at radius 3 is 2.57 bits per heavy atom. The Balaban J connectivity index is 1.72. The summed E-state index contributed by atoms with van der Waals surface area (Å²) in [6, 6.07) is 6.68. The van der Waals surface area contributed by atoms with Crippen LogP contribution in [-0.4, -0.2) is 40.4 Å². The molecule has 1 aliphatic heterocycles. The number of rotatable bonds is 1. The zero-order valence-corrected chi connectivity index (χ0v) is 16.7. The number of likely N-dealkylation sites (tertiary alicyclic amines) is 1. The molecular weight excluding hydrogens is 382 g/mol. The molecule has 4 atom stereocenters. The van der Waals surface area contributed by atoms with Gasteiger partial charge in [-0.15, -0.1) is 0 Å². The molecule has 6 nitrogen and oxygen atoms in total. The fraction of sp³-hybridized carbons (Fsp3) is 0.333. The normalized spacial score (nSPS) is 30.7. The summed E-state index contributed by atoms with van der Waals surface area (Å²) in [6.45, 7) is 1.63. The molecule has 0 saturated carbocycles. The number of benzene rings is 1. The first-order chi connectivity index (χ1) is 14.3. The average molecular weight is 403 g/mol. The second-order valence-electron chi connectivity index (χ2n) is 8.56. The van der Waals surface area contributed by atoms with E-state index in [-0.39, 0.29) is 41.5 Å². The molecule has 2 amide bonds. The van der Waals surface area contributed by atoms with E-state index in [1.165, 1.54) is 18.0 Å². The fourth-order valence-electron chi connectivity index (χ4n) is 5.60. The van der Waals surface area contributed by atoms with Gasteiger partial charge < -0.3 is 5.11 Å². The summed E-state index contributed by atoms with van der Waals surface area (Å²) in [5.41, 5.74) is 2.86. The van der Waals surface area contributed by atoms with E-state index < -0.39 is 17.8 Å². The number of allylic oxidation sites excluding steroid dienone is 6. The van der Waals surface area contributed by atoms with Crippen LogP contribution in [0.4, 0.5) is 0 Å². The quantitative estimate of drug-likeness (QED) is 0.442. The van der Waals surface area contributed by atoms with Crippen LogP contribution in [-0.2, 0) is 19.2 Å². The van der Waals surface area contributed by atoms with Crippen LogP contribution in [0.3, 0.4) is 0 Å². The largest absolute Gasteiger partial charge is 0.508 e. The lowest BCUT2D eigenvalue weighted by molar-refractivity contribution is -0.138. The minimum atomic E-state index is -0.522. The summed E-state index contributed by atoms with van der Waals surface area (Å²) < 4.78 is 0. The molecule has 1 heterocycles. The predicted molar refractivity (Wildman–Crippen MR) is 107 cm³/mol. The zero-order valence-electron chi connectivity index (χ0n) is 16.7.